The summed E-state index contributed by atoms with van der Waals surface area (Å²) in [6.07, 6.45) is 0. The van der Waals surface area contributed by atoms with Crippen molar-refractivity contribution in [1.82, 2.24) is 10.5 Å². The van der Waals surface area contributed by atoms with E-state index < -0.39 is 5.97 Å². The number of benzene rings is 1. The Morgan fingerprint density at radius 1 is 1.19 bits per heavy atom. The molecule has 0 atom stereocenters. The number of hydrogen-bond donors (Lipinski definition) is 2. The first-order valence-corrected chi connectivity index (χ1v) is 7.89. The second-order valence-electron chi connectivity index (χ2n) is 5.15. The predicted octanol–water partition coefficient (Wildman–Crippen LogP) is 2.01. The highest BCUT2D eigenvalue weighted by molar-refractivity contribution is 5.92. The van der Waals surface area contributed by atoms with Crippen molar-refractivity contribution >= 4 is 17.7 Å². The Bertz CT molecular complexity index is 854. The monoisotopic (exact) mass is 369 g/mol. The first kappa shape index (κ1) is 19.5. The number of nitriles is 1. The van der Waals surface area contributed by atoms with Crippen LogP contribution in [-0.2, 0) is 16.2 Å². The van der Waals surface area contributed by atoms with E-state index in [4.69, 9.17) is 19.6 Å². The molecule has 1 aromatic heterocycles. The number of nitrogens with zero attached hydrogens (tertiary/aromatic N) is 3. The van der Waals surface area contributed by atoms with E-state index in [1.54, 1.807) is 50.6 Å². The summed E-state index contributed by atoms with van der Waals surface area (Å²) in [5, 5.41) is 11.8. The molecule has 0 saturated heterocycles. The lowest BCUT2D eigenvalue weighted by atomic mass is 10.2. The first-order chi connectivity index (χ1) is 13.1. The van der Waals surface area contributed by atoms with Crippen LogP contribution in [0, 0.1) is 11.3 Å². The molecule has 2 rings (SSSR count). The van der Waals surface area contributed by atoms with Crippen molar-refractivity contribution in [1.29, 1.82) is 5.26 Å². The first-order valence-electron chi connectivity index (χ1n) is 7.89. The number of carbonyl (C=O) groups excluding carboxylic acids is 1. The minimum Gasteiger partial charge on any atom is -0.496 e. The summed E-state index contributed by atoms with van der Waals surface area (Å²) in [5.74, 6) is 1.15. The van der Waals surface area contributed by atoms with Gasteiger partial charge in [-0.2, -0.15) is 10.7 Å². The zero-order valence-electron chi connectivity index (χ0n) is 15.1. The van der Waals surface area contributed by atoms with Gasteiger partial charge in [-0.15, -0.1) is 0 Å². The number of hydroxylamine groups is 1. The third-order valence-corrected chi connectivity index (χ3v) is 3.33. The Labute approximate surface area is 156 Å². The van der Waals surface area contributed by atoms with Gasteiger partial charge in [0.25, 0.3) is 0 Å². The van der Waals surface area contributed by atoms with Crippen LogP contribution in [0.5, 0.6) is 11.5 Å². The average molecular weight is 369 g/mol. The van der Waals surface area contributed by atoms with Crippen molar-refractivity contribution in [3.8, 4) is 17.6 Å². The van der Waals surface area contributed by atoms with Crippen LogP contribution in [0.25, 0.3) is 0 Å². The molecule has 1 heterocycles. The van der Waals surface area contributed by atoms with Crippen molar-refractivity contribution in [2.24, 2.45) is 4.99 Å². The Balaban J connectivity index is 2.28. The van der Waals surface area contributed by atoms with E-state index >= 15 is 0 Å². The maximum absolute atomic E-state index is 11.1. The van der Waals surface area contributed by atoms with E-state index in [1.807, 2.05) is 6.07 Å². The average Bonchev–Trinajstić information content (AvgIpc) is 2.69. The standard InChI is InChI=1S/C18H19N5O4/c1-12(24)27-23-18(22-17-9-4-6-13(10-19)21-17)20-11-14-15(25-2)7-5-8-16(14)26-3/h4-9H,11H2,1-3H3,(H2,20,21,22,23). The van der Waals surface area contributed by atoms with E-state index in [9.17, 15) is 4.79 Å². The molecule has 2 aromatic rings. The van der Waals surface area contributed by atoms with Crippen molar-refractivity contribution in [2.75, 3.05) is 19.5 Å². The van der Waals surface area contributed by atoms with Crippen LogP contribution in [0.1, 0.15) is 18.2 Å². The lowest BCUT2D eigenvalue weighted by Gasteiger charge is -2.13. The number of anilines is 1. The highest BCUT2D eigenvalue weighted by atomic mass is 16.7. The number of nitrogens with one attached hydrogen (secondary N) is 2. The minimum absolute atomic E-state index is 0.126. The number of ether oxygens (including phenoxy) is 2. The molecule has 1 aromatic carbocycles. The molecule has 0 bridgehead atoms. The fourth-order valence-electron chi connectivity index (χ4n) is 2.15. The van der Waals surface area contributed by atoms with Crippen LogP contribution in [0.2, 0.25) is 0 Å². The van der Waals surface area contributed by atoms with Gasteiger partial charge < -0.3 is 19.6 Å². The number of pyridine rings is 1. The highest BCUT2D eigenvalue weighted by Gasteiger charge is 2.11. The fourth-order valence-corrected chi connectivity index (χ4v) is 2.15. The number of guanidine groups is 1. The van der Waals surface area contributed by atoms with Crippen LogP contribution in [0.15, 0.2) is 41.4 Å². The SMILES string of the molecule is COc1cccc(OC)c1CN=C(NOC(C)=O)Nc1cccc(C#N)n1. The second kappa shape index (κ2) is 9.62. The molecule has 27 heavy (non-hydrogen) atoms. The lowest BCUT2D eigenvalue weighted by molar-refractivity contribution is -0.145. The van der Waals surface area contributed by atoms with Gasteiger partial charge in [0, 0.05) is 6.92 Å². The Morgan fingerprint density at radius 3 is 2.44 bits per heavy atom. The van der Waals surface area contributed by atoms with E-state index in [1.165, 1.54) is 6.92 Å². The topological polar surface area (TPSA) is 118 Å². The summed E-state index contributed by atoms with van der Waals surface area (Å²) in [6.45, 7) is 1.42. The summed E-state index contributed by atoms with van der Waals surface area (Å²) in [6, 6.07) is 12.2. The van der Waals surface area contributed by atoms with Crippen LogP contribution in [0.3, 0.4) is 0 Å². The molecule has 0 saturated carbocycles. The van der Waals surface area contributed by atoms with Crippen LogP contribution < -0.4 is 20.3 Å². The van der Waals surface area contributed by atoms with Crippen molar-refractivity contribution < 1.29 is 19.1 Å². The van der Waals surface area contributed by atoms with Gasteiger partial charge in [-0.05, 0) is 24.3 Å². The third kappa shape index (κ3) is 5.61. The molecule has 0 aliphatic heterocycles. The van der Waals surface area contributed by atoms with Crippen molar-refractivity contribution in [2.45, 2.75) is 13.5 Å². The number of rotatable bonds is 5. The summed E-state index contributed by atoms with van der Waals surface area (Å²) >= 11 is 0. The number of methoxy groups -OCH3 is 2. The van der Waals surface area contributed by atoms with Gasteiger partial charge in [-0.1, -0.05) is 12.1 Å². The van der Waals surface area contributed by atoms with Gasteiger partial charge >= 0.3 is 5.97 Å². The molecule has 0 unspecified atom stereocenters. The zero-order valence-corrected chi connectivity index (χ0v) is 15.1. The summed E-state index contributed by atoms with van der Waals surface area (Å²) in [7, 11) is 3.10. The normalized spacial score (nSPS) is 10.5. The summed E-state index contributed by atoms with van der Waals surface area (Å²) in [4.78, 5) is 24.4. The molecule has 0 spiro atoms. The number of hydrogen-bond acceptors (Lipinski definition) is 7. The largest absolute Gasteiger partial charge is 0.496 e. The van der Waals surface area contributed by atoms with Crippen LogP contribution in [0.4, 0.5) is 5.82 Å². The third-order valence-electron chi connectivity index (χ3n) is 3.33. The molecule has 2 N–H and O–H groups in total. The molecule has 9 nitrogen and oxygen atoms in total. The molecule has 140 valence electrons. The molecule has 0 radical (unpaired) electrons. The summed E-state index contributed by atoms with van der Waals surface area (Å²) < 4.78 is 10.7. The van der Waals surface area contributed by atoms with Gasteiger partial charge in [0.15, 0.2) is 0 Å². The minimum atomic E-state index is -0.543. The Hall–Kier alpha value is -3.80. The zero-order chi connectivity index (χ0) is 19.6. The molecule has 0 aliphatic rings. The Morgan fingerprint density at radius 2 is 1.85 bits per heavy atom. The fraction of sp³-hybridized carbons (Fsp3) is 0.222. The van der Waals surface area contributed by atoms with Gasteiger partial charge in [-0.3, -0.25) is 4.79 Å². The maximum Gasteiger partial charge on any atom is 0.329 e. The molecule has 0 fully saturated rings. The van der Waals surface area contributed by atoms with E-state index in [0.29, 0.717) is 22.9 Å². The number of aromatic nitrogens is 1. The quantitative estimate of drug-likeness (QED) is 0.467. The van der Waals surface area contributed by atoms with Gasteiger partial charge in [-0.25, -0.2) is 9.98 Å². The molecule has 9 heteroatoms. The maximum atomic E-state index is 11.1. The number of carbonyl (C=O) groups is 1. The number of aliphatic imine (C=N–C) groups is 1. The van der Waals surface area contributed by atoms with E-state index in [0.717, 1.165) is 0 Å². The van der Waals surface area contributed by atoms with Crippen molar-refractivity contribution in [3.05, 3.63) is 47.7 Å². The van der Waals surface area contributed by atoms with Crippen LogP contribution >= 0.6 is 0 Å². The highest BCUT2D eigenvalue weighted by Crippen LogP contribution is 2.28. The summed E-state index contributed by atoms with van der Waals surface area (Å²) in [5.41, 5.74) is 3.38. The lowest BCUT2D eigenvalue weighted by Crippen LogP contribution is -2.33. The van der Waals surface area contributed by atoms with Gasteiger partial charge in [0.2, 0.25) is 5.96 Å². The second-order valence-corrected chi connectivity index (χ2v) is 5.15. The van der Waals surface area contributed by atoms with E-state index in [2.05, 4.69) is 20.8 Å². The van der Waals surface area contributed by atoms with Gasteiger partial charge in [0.1, 0.15) is 29.1 Å². The molecular weight excluding hydrogens is 350 g/mol. The molecular formula is C18H19N5O4. The van der Waals surface area contributed by atoms with E-state index in [-0.39, 0.29) is 18.2 Å². The van der Waals surface area contributed by atoms with Crippen molar-refractivity contribution in [3.63, 3.8) is 0 Å². The smallest absolute Gasteiger partial charge is 0.329 e. The van der Waals surface area contributed by atoms with Crippen LogP contribution in [-0.4, -0.2) is 31.1 Å². The molecule has 0 aliphatic carbocycles. The Kier molecular flexibility index (Phi) is 6.96. The molecule has 0 amide bonds. The predicted molar refractivity (Wildman–Crippen MR) is 98.2 cm³/mol. The van der Waals surface area contributed by atoms with Gasteiger partial charge in [0.05, 0.1) is 26.3 Å².